The Bertz CT molecular complexity index is 753. The number of fused-ring (bicyclic) bond motifs is 3. The third-order valence-corrected chi connectivity index (χ3v) is 4.70. The van der Waals surface area contributed by atoms with Gasteiger partial charge in [0.2, 0.25) is 0 Å². The average molecular weight is 293 g/mol. The minimum Gasteiger partial charge on any atom is -0.338 e. The third-order valence-electron chi connectivity index (χ3n) is 4.70. The van der Waals surface area contributed by atoms with Gasteiger partial charge in [0.15, 0.2) is 0 Å². The summed E-state index contributed by atoms with van der Waals surface area (Å²) in [7, 11) is 0. The normalized spacial score (nSPS) is 12.4. The number of aromatic nitrogens is 1. The highest BCUT2D eigenvalue weighted by Crippen LogP contribution is 2.35. The molecule has 1 heteroatoms. The van der Waals surface area contributed by atoms with E-state index in [0.717, 1.165) is 0 Å². The molecular formula is C21H27N. The first-order valence-electron chi connectivity index (χ1n) is 8.47. The Morgan fingerprint density at radius 2 is 1.05 bits per heavy atom. The molecule has 0 aliphatic rings. The number of hydrogen-bond acceptors (Lipinski definition) is 0. The molecule has 0 amide bonds. The molecule has 0 aliphatic heterocycles. The second-order valence-corrected chi connectivity index (χ2v) is 7.33. The van der Waals surface area contributed by atoms with Gasteiger partial charge >= 0.3 is 0 Å². The Morgan fingerprint density at radius 3 is 1.36 bits per heavy atom. The van der Waals surface area contributed by atoms with Gasteiger partial charge in [-0.15, -0.1) is 0 Å². The number of rotatable bonds is 3. The van der Waals surface area contributed by atoms with Crippen LogP contribution in [-0.2, 0) is 0 Å². The van der Waals surface area contributed by atoms with Gasteiger partial charge in [0.05, 0.1) is 0 Å². The van der Waals surface area contributed by atoms with E-state index in [1.54, 1.807) is 0 Å². The van der Waals surface area contributed by atoms with Crippen molar-refractivity contribution < 1.29 is 0 Å². The summed E-state index contributed by atoms with van der Waals surface area (Å²) >= 11 is 0. The van der Waals surface area contributed by atoms with E-state index in [4.69, 9.17) is 0 Å². The van der Waals surface area contributed by atoms with Crippen molar-refractivity contribution in [2.45, 2.75) is 59.4 Å². The Morgan fingerprint density at radius 1 is 0.636 bits per heavy atom. The van der Waals surface area contributed by atoms with Crippen LogP contribution in [0.1, 0.15) is 70.5 Å². The molecule has 0 saturated carbocycles. The monoisotopic (exact) mass is 293 g/mol. The summed E-state index contributed by atoms with van der Waals surface area (Å²) in [5.41, 5.74) is 5.56. The zero-order valence-corrected chi connectivity index (χ0v) is 14.6. The molecule has 3 rings (SSSR count). The predicted molar refractivity (Wildman–Crippen MR) is 98.0 cm³/mol. The van der Waals surface area contributed by atoms with Crippen molar-refractivity contribution in [1.82, 2.24) is 4.57 Å². The largest absolute Gasteiger partial charge is 0.338 e. The first-order valence-corrected chi connectivity index (χ1v) is 8.47. The van der Waals surface area contributed by atoms with Crippen molar-refractivity contribution in [3.8, 4) is 0 Å². The van der Waals surface area contributed by atoms with Crippen molar-refractivity contribution >= 4 is 21.8 Å². The fourth-order valence-electron chi connectivity index (χ4n) is 3.36. The van der Waals surface area contributed by atoms with Gasteiger partial charge in [-0.2, -0.15) is 0 Å². The lowest BCUT2D eigenvalue weighted by Crippen LogP contribution is -2.00. The highest BCUT2D eigenvalue weighted by Gasteiger charge is 2.15. The fourth-order valence-corrected chi connectivity index (χ4v) is 3.36. The van der Waals surface area contributed by atoms with Crippen LogP contribution in [0.4, 0.5) is 0 Å². The molecule has 0 radical (unpaired) electrons. The van der Waals surface area contributed by atoms with E-state index in [0.29, 0.717) is 17.9 Å². The Labute approximate surface area is 133 Å². The Balaban J connectivity index is 2.42. The van der Waals surface area contributed by atoms with Crippen LogP contribution in [0.2, 0.25) is 0 Å². The molecule has 3 aromatic rings. The Hall–Kier alpha value is -1.76. The minimum absolute atomic E-state index is 0.467. The van der Waals surface area contributed by atoms with Crippen molar-refractivity contribution in [3.05, 3.63) is 47.5 Å². The van der Waals surface area contributed by atoms with E-state index in [2.05, 4.69) is 82.5 Å². The lowest BCUT2D eigenvalue weighted by molar-refractivity contribution is 0.642. The van der Waals surface area contributed by atoms with Gasteiger partial charge in [-0.05, 0) is 61.1 Å². The van der Waals surface area contributed by atoms with E-state index < -0.39 is 0 Å². The van der Waals surface area contributed by atoms with Crippen LogP contribution in [0.3, 0.4) is 0 Å². The molecule has 2 aromatic carbocycles. The van der Waals surface area contributed by atoms with Crippen LogP contribution in [-0.4, -0.2) is 4.57 Å². The maximum atomic E-state index is 2.47. The molecule has 0 saturated heterocycles. The zero-order chi connectivity index (χ0) is 16.0. The minimum atomic E-state index is 0.467. The standard InChI is InChI=1S/C21H27N/c1-13(2)16-7-9-20-18(11-16)19-12-17(14(3)4)8-10-21(19)22(20)15(5)6/h7-15H,1-6H3. The van der Waals surface area contributed by atoms with Crippen LogP contribution in [0.5, 0.6) is 0 Å². The highest BCUT2D eigenvalue weighted by atomic mass is 15.0. The molecule has 0 aliphatic carbocycles. The maximum absolute atomic E-state index is 2.47. The SMILES string of the molecule is CC(C)c1ccc2c(c1)c1cc(C(C)C)ccc1n2C(C)C. The molecule has 0 unspecified atom stereocenters. The lowest BCUT2D eigenvalue weighted by Gasteiger charge is -2.12. The number of nitrogens with zero attached hydrogens (tertiary/aromatic N) is 1. The predicted octanol–water partition coefficient (Wildman–Crippen LogP) is 6.62. The first-order chi connectivity index (χ1) is 10.4. The molecule has 0 spiro atoms. The lowest BCUT2D eigenvalue weighted by atomic mass is 9.98. The van der Waals surface area contributed by atoms with Crippen LogP contribution in [0.15, 0.2) is 36.4 Å². The topological polar surface area (TPSA) is 4.93 Å². The molecule has 116 valence electrons. The van der Waals surface area contributed by atoms with Crippen molar-refractivity contribution in [3.63, 3.8) is 0 Å². The molecule has 0 bridgehead atoms. The smallest absolute Gasteiger partial charge is 0.0493 e. The van der Waals surface area contributed by atoms with Crippen molar-refractivity contribution in [2.24, 2.45) is 0 Å². The summed E-state index contributed by atoms with van der Waals surface area (Å²) in [5.74, 6) is 1.13. The van der Waals surface area contributed by atoms with Gasteiger partial charge in [0.25, 0.3) is 0 Å². The molecule has 1 aromatic heterocycles. The van der Waals surface area contributed by atoms with Gasteiger partial charge < -0.3 is 4.57 Å². The van der Waals surface area contributed by atoms with E-state index in [1.165, 1.54) is 32.9 Å². The van der Waals surface area contributed by atoms with Crippen LogP contribution in [0, 0.1) is 0 Å². The van der Waals surface area contributed by atoms with Gasteiger partial charge in [-0.1, -0.05) is 39.8 Å². The molecular weight excluding hydrogens is 266 g/mol. The quantitative estimate of drug-likeness (QED) is 0.511. The van der Waals surface area contributed by atoms with Gasteiger partial charge in [0, 0.05) is 27.8 Å². The highest BCUT2D eigenvalue weighted by molar-refractivity contribution is 6.08. The second-order valence-electron chi connectivity index (χ2n) is 7.33. The summed E-state index contributed by atoms with van der Waals surface area (Å²) in [6.07, 6.45) is 0. The average Bonchev–Trinajstić information content (AvgIpc) is 2.79. The molecule has 0 N–H and O–H groups in total. The molecule has 1 heterocycles. The van der Waals surface area contributed by atoms with Crippen molar-refractivity contribution in [2.75, 3.05) is 0 Å². The summed E-state index contributed by atoms with van der Waals surface area (Å²) in [6, 6.07) is 14.4. The van der Waals surface area contributed by atoms with Gasteiger partial charge in [-0.3, -0.25) is 0 Å². The van der Waals surface area contributed by atoms with Crippen LogP contribution >= 0.6 is 0 Å². The van der Waals surface area contributed by atoms with Gasteiger partial charge in [0.1, 0.15) is 0 Å². The van der Waals surface area contributed by atoms with Crippen LogP contribution < -0.4 is 0 Å². The van der Waals surface area contributed by atoms with Crippen LogP contribution in [0.25, 0.3) is 21.8 Å². The maximum Gasteiger partial charge on any atom is 0.0493 e. The molecule has 0 fully saturated rings. The summed E-state index contributed by atoms with van der Waals surface area (Å²) in [4.78, 5) is 0. The molecule has 0 atom stereocenters. The Kier molecular flexibility index (Phi) is 3.76. The third kappa shape index (κ3) is 2.33. The van der Waals surface area contributed by atoms with Crippen molar-refractivity contribution in [1.29, 1.82) is 0 Å². The summed E-state index contributed by atoms with van der Waals surface area (Å²) in [5, 5.41) is 2.80. The number of hydrogen-bond donors (Lipinski definition) is 0. The second kappa shape index (κ2) is 5.46. The summed E-state index contributed by atoms with van der Waals surface area (Å²) in [6.45, 7) is 13.6. The first kappa shape index (κ1) is 15.1. The van der Waals surface area contributed by atoms with E-state index >= 15 is 0 Å². The molecule has 1 nitrogen and oxygen atoms in total. The molecule has 22 heavy (non-hydrogen) atoms. The summed E-state index contributed by atoms with van der Waals surface area (Å²) < 4.78 is 2.47. The van der Waals surface area contributed by atoms with E-state index in [-0.39, 0.29) is 0 Å². The van der Waals surface area contributed by atoms with Gasteiger partial charge in [-0.25, -0.2) is 0 Å². The van der Waals surface area contributed by atoms with E-state index in [9.17, 15) is 0 Å². The fraction of sp³-hybridized carbons (Fsp3) is 0.429. The zero-order valence-electron chi connectivity index (χ0n) is 14.6. The number of benzene rings is 2. The van der Waals surface area contributed by atoms with E-state index in [1.807, 2.05) is 0 Å².